The number of aliphatic carboxylic acids is 1. The predicted octanol–water partition coefficient (Wildman–Crippen LogP) is 1.15. The summed E-state index contributed by atoms with van der Waals surface area (Å²) in [6.45, 7) is 4.83. The van der Waals surface area contributed by atoms with Crippen LogP contribution >= 0.6 is 0 Å². The molecule has 1 atom stereocenters. The molecule has 0 aliphatic carbocycles. The number of carboxylic acids is 1. The van der Waals surface area contributed by atoms with Crippen LogP contribution in [0.15, 0.2) is 24.3 Å². The highest BCUT2D eigenvalue weighted by atomic mass is 16.4. The largest absolute Gasteiger partial charge is 0.480 e. The SMILES string of the molecule is CC(C(=O)O)N1CCN(c2ccc(C#N)cc2)CC1. The number of benzene rings is 1. The van der Waals surface area contributed by atoms with Crippen LogP contribution in [0.3, 0.4) is 0 Å². The van der Waals surface area contributed by atoms with E-state index in [1.807, 2.05) is 29.2 Å². The van der Waals surface area contributed by atoms with Crippen LogP contribution in [0.1, 0.15) is 12.5 Å². The third kappa shape index (κ3) is 3.04. The van der Waals surface area contributed by atoms with Gasteiger partial charge in [-0.2, -0.15) is 5.26 Å². The molecule has 1 aliphatic rings. The molecular formula is C14H17N3O2. The lowest BCUT2D eigenvalue weighted by molar-refractivity contribution is -0.142. The van der Waals surface area contributed by atoms with Crippen molar-refractivity contribution in [3.63, 3.8) is 0 Å². The van der Waals surface area contributed by atoms with Crippen molar-refractivity contribution < 1.29 is 9.90 Å². The quantitative estimate of drug-likeness (QED) is 0.882. The second kappa shape index (κ2) is 5.72. The summed E-state index contributed by atoms with van der Waals surface area (Å²) < 4.78 is 0. The molecule has 0 saturated carbocycles. The fraction of sp³-hybridized carbons (Fsp3) is 0.429. The van der Waals surface area contributed by atoms with Crippen LogP contribution in [-0.2, 0) is 4.79 Å². The van der Waals surface area contributed by atoms with E-state index in [4.69, 9.17) is 10.4 Å². The van der Waals surface area contributed by atoms with E-state index in [2.05, 4.69) is 11.0 Å². The average Bonchev–Trinajstić information content (AvgIpc) is 2.46. The summed E-state index contributed by atoms with van der Waals surface area (Å²) in [5.41, 5.74) is 1.74. The molecule has 1 heterocycles. The summed E-state index contributed by atoms with van der Waals surface area (Å²) in [6, 6.07) is 9.16. The number of anilines is 1. The first kappa shape index (κ1) is 13.4. The highest BCUT2D eigenvalue weighted by Crippen LogP contribution is 2.18. The summed E-state index contributed by atoms with van der Waals surface area (Å²) in [6.07, 6.45) is 0. The van der Waals surface area contributed by atoms with Crippen LogP contribution in [0.25, 0.3) is 0 Å². The lowest BCUT2D eigenvalue weighted by atomic mass is 10.2. The number of nitrogens with zero attached hydrogens (tertiary/aromatic N) is 3. The Morgan fingerprint density at radius 1 is 1.26 bits per heavy atom. The number of carboxylic acid groups (broad SMARTS) is 1. The average molecular weight is 259 g/mol. The van der Waals surface area contributed by atoms with Crippen molar-refractivity contribution in [1.29, 1.82) is 5.26 Å². The van der Waals surface area contributed by atoms with Gasteiger partial charge < -0.3 is 10.0 Å². The Morgan fingerprint density at radius 2 is 1.84 bits per heavy atom. The van der Waals surface area contributed by atoms with E-state index >= 15 is 0 Å². The number of hydrogen-bond acceptors (Lipinski definition) is 4. The van der Waals surface area contributed by atoms with Gasteiger partial charge in [0.05, 0.1) is 11.6 Å². The Morgan fingerprint density at radius 3 is 2.32 bits per heavy atom. The Labute approximate surface area is 112 Å². The van der Waals surface area contributed by atoms with Crippen LogP contribution in [0.5, 0.6) is 0 Å². The molecule has 100 valence electrons. The molecule has 0 radical (unpaired) electrons. The van der Waals surface area contributed by atoms with Crippen LogP contribution in [-0.4, -0.2) is 48.2 Å². The first-order chi connectivity index (χ1) is 9.11. The van der Waals surface area contributed by atoms with Crippen molar-refractivity contribution >= 4 is 11.7 Å². The number of rotatable bonds is 3. The van der Waals surface area contributed by atoms with Crippen LogP contribution in [0.2, 0.25) is 0 Å². The maximum Gasteiger partial charge on any atom is 0.320 e. The number of nitriles is 1. The molecule has 0 bridgehead atoms. The molecule has 1 fully saturated rings. The predicted molar refractivity (Wildman–Crippen MR) is 72.0 cm³/mol. The van der Waals surface area contributed by atoms with Crippen molar-refractivity contribution in [2.24, 2.45) is 0 Å². The lowest BCUT2D eigenvalue weighted by Gasteiger charge is -2.37. The van der Waals surface area contributed by atoms with Gasteiger partial charge in [0.25, 0.3) is 0 Å². The summed E-state index contributed by atoms with van der Waals surface area (Å²) >= 11 is 0. The third-order valence-electron chi connectivity index (χ3n) is 3.58. The molecule has 5 heteroatoms. The van der Waals surface area contributed by atoms with Crippen LogP contribution < -0.4 is 4.90 Å². The summed E-state index contributed by atoms with van der Waals surface area (Å²) in [4.78, 5) is 15.1. The molecule has 1 N–H and O–H groups in total. The van der Waals surface area contributed by atoms with Crippen molar-refractivity contribution in [2.75, 3.05) is 31.1 Å². The minimum atomic E-state index is -0.771. The van der Waals surface area contributed by atoms with E-state index in [0.29, 0.717) is 5.56 Å². The first-order valence-electron chi connectivity index (χ1n) is 6.34. The molecule has 2 rings (SSSR count). The van der Waals surface area contributed by atoms with Gasteiger partial charge in [0, 0.05) is 31.9 Å². The van der Waals surface area contributed by atoms with Gasteiger partial charge >= 0.3 is 5.97 Å². The molecule has 1 aromatic carbocycles. The van der Waals surface area contributed by atoms with Gasteiger partial charge in [0.15, 0.2) is 0 Å². The Kier molecular flexibility index (Phi) is 4.03. The van der Waals surface area contributed by atoms with Gasteiger partial charge in [-0.05, 0) is 31.2 Å². The zero-order valence-corrected chi connectivity index (χ0v) is 10.9. The second-order valence-corrected chi connectivity index (χ2v) is 4.70. The van der Waals surface area contributed by atoms with Crippen molar-refractivity contribution in [1.82, 2.24) is 4.90 Å². The summed E-state index contributed by atoms with van der Waals surface area (Å²) in [7, 11) is 0. The molecule has 1 aliphatic heterocycles. The Bertz CT molecular complexity index is 484. The molecule has 0 aromatic heterocycles. The number of hydrogen-bond donors (Lipinski definition) is 1. The second-order valence-electron chi connectivity index (χ2n) is 4.70. The van der Waals surface area contributed by atoms with E-state index < -0.39 is 12.0 Å². The highest BCUT2D eigenvalue weighted by molar-refractivity contribution is 5.72. The van der Waals surface area contributed by atoms with Gasteiger partial charge in [-0.3, -0.25) is 9.69 Å². The standard InChI is InChI=1S/C14H17N3O2/c1-11(14(18)19)16-6-8-17(9-7-16)13-4-2-12(10-15)3-5-13/h2-5,11H,6-9H2,1H3,(H,18,19). The highest BCUT2D eigenvalue weighted by Gasteiger charge is 2.25. The van der Waals surface area contributed by atoms with E-state index in [0.717, 1.165) is 31.9 Å². The van der Waals surface area contributed by atoms with Gasteiger partial charge in [-0.1, -0.05) is 0 Å². The van der Waals surface area contributed by atoms with E-state index in [1.165, 1.54) is 0 Å². The van der Waals surface area contributed by atoms with Crippen molar-refractivity contribution in [3.8, 4) is 6.07 Å². The van der Waals surface area contributed by atoms with Gasteiger partial charge in [0.2, 0.25) is 0 Å². The molecule has 1 aromatic rings. The van der Waals surface area contributed by atoms with Gasteiger partial charge in [-0.25, -0.2) is 0 Å². The Balaban J connectivity index is 1.96. The lowest BCUT2D eigenvalue weighted by Crippen LogP contribution is -2.51. The van der Waals surface area contributed by atoms with Crippen LogP contribution in [0, 0.1) is 11.3 Å². The third-order valence-corrected chi connectivity index (χ3v) is 3.58. The molecule has 5 nitrogen and oxygen atoms in total. The maximum atomic E-state index is 10.9. The smallest absolute Gasteiger partial charge is 0.320 e. The summed E-state index contributed by atoms with van der Waals surface area (Å²) in [5.74, 6) is -0.771. The zero-order chi connectivity index (χ0) is 13.8. The molecule has 19 heavy (non-hydrogen) atoms. The molecule has 0 amide bonds. The summed E-state index contributed by atoms with van der Waals surface area (Å²) in [5, 5.41) is 17.7. The van der Waals surface area contributed by atoms with Crippen molar-refractivity contribution in [3.05, 3.63) is 29.8 Å². The normalized spacial score (nSPS) is 17.8. The molecule has 1 unspecified atom stereocenters. The Hall–Kier alpha value is -2.06. The fourth-order valence-corrected chi connectivity index (χ4v) is 2.27. The molecule has 0 spiro atoms. The minimum absolute atomic E-state index is 0.428. The maximum absolute atomic E-state index is 10.9. The zero-order valence-electron chi connectivity index (χ0n) is 10.9. The van der Waals surface area contributed by atoms with Crippen molar-refractivity contribution in [2.45, 2.75) is 13.0 Å². The topological polar surface area (TPSA) is 67.6 Å². The number of piperazine rings is 1. The molecular weight excluding hydrogens is 242 g/mol. The van der Waals surface area contributed by atoms with Crippen LogP contribution in [0.4, 0.5) is 5.69 Å². The van der Waals surface area contributed by atoms with E-state index in [-0.39, 0.29) is 0 Å². The number of carbonyl (C=O) groups is 1. The fourth-order valence-electron chi connectivity index (χ4n) is 2.27. The minimum Gasteiger partial charge on any atom is -0.480 e. The van der Waals surface area contributed by atoms with Gasteiger partial charge in [0.1, 0.15) is 6.04 Å². The van der Waals surface area contributed by atoms with Gasteiger partial charge in [-0.15, -0.1) is 0 Å². The monoisotopic (exact) mass is 259 g/mol. The first-order valence-corrected chi connectivity index (χ1v) is 6.34. The van der Waals surface area contributed by atoms with E-state index in [1.54, 1.807) is 6.92 Å². The van der Waals surface area contributed by atoms with E-state index in [9.17, 15) is 4.79 Å². The molecule has 1 saturated heterocycles.